The number of rotatable bonds is 46. The van der Waals surface area contributed by atoms with Crippen molar-refractivity contribution in [3.05, 3.63) is 0 Å². The van der Waals surface area contributed by atoms with Crippen LogP contribution < -0.4 is 5.32 Å². The van der Waals surface area contributed by atoms with Crippen molar-refractivity contribution in [2.45, 2.75) is 301 Å². The summed E-state index contributed by atoms with van der Waals surface area (Å²) in [6.07, 6.45) is 31.3. The van der Waals surface area contributed by atoms with E-state index in [2.05, 4.69) is 45.7 Å². The maximum Gasteiger partial charge on any atom is 0.310 e. The molecule has 1 saturated heterocycles. The number of carbonyl (C=O) groups is 3. The number of carbonyl (C=O) groups excluding carboxylic acids is 3. The molecule has 0 aromatic heterocycles. The second-order valence-corrected chi connectivity index (χ2v) is 26.5. The molecule has 0 aliphatic carbocycles. The molecule has 0 radical (unpaired) electrons. The number of aliphatic hydroxyl groups excluding tert-OH is 2. The summed E-state index contributed by atoms with van der Waals surface area (Å²) >= 11 is 0. The molecule has 0 aromatic rings. The highest BCUT2D eigenvalue weighted by Crippen LogP contribution is 2.23. The Balaban J connectivity index is 2.87. The van der Waals surface area contributed by atoms with Gasteiger partial charge in [-0.2, -0.15) is 0 Å². The molecule has 0 unspecified atom stereocenters. The van der Waals surface area contributed by atoms with Gasteiger partial charge in [0.05, 0.1) is 38.2 Å². The van der Waals surface area contributed by atoms with Crippen molar-refractivity contribution in [2.24, 2.45) is 0 Å². The molecule has 11 nitrogen and oxygen atoms in total. The Bertz CT molecular complexity index is 1150. The van der Waals surface area contributed by atoms with Crippen LogP contribution in [-0.2, 0) is 38.1 Å². The molecule has 1 aliphatic rings. The van der Waals surface area contributed by atoms with Crippen LogP contribution in [0.5, 0.6) is 0 Å². The molecular formula is C54H105NO10Si. The van der Waals surface area contributed by atoms with Crippen molar-refractivity contribution in [3.8, 4) is 0 Å². The third kappa shape index (κ3) is 35.5. The lowest BCUT2D eigenvalue weighted by Crippen LogP contribution is -2.61. The Morgan fingerprint density at radius 2 is 1.08 bits per heavy atom. The summed E-state index contributed by atoms with van der Waals surface area (Å²) in [5.41, 5.74) is 0. The van der Waals surface area contributed by atoms with Gasteiger partial charge in [-0.25, -0.2) is 0 Å². The molecule has 1 heterocycles. The average molecular weight is 957 g/mol. The van der Waals surface area contributed by atoms with E-state index in [9.17, 15) is 24.6 Å². The van der Waals surface area contributed by atoms with Gasteiger partial charge in [0.1, 0.15) is 25.1 Å². The molecule has 0 spiro atoms. The van der Waals surface area contributed by atoms with Gasteiger partial charge in [0, 0.05) is 21.1 Å². The van der Waals surface area contributed by atoms with Gasteiger partial charge < -0.3 is 39.2 Å². The maximum atomic E-state index is 13.7. The summed E-state index contributed by atoms with van der Waals surface area (Å²) in [6.45, 7) is 13.8. The minimum Gasteiger partial charge on any atom is -0.462 e. The van der Waals surface area contributed by atoms with Crippen LogP contribution >= 0.6 is 0 Å². The van der Waals surface area contributed by atoms with Gasteiger partial charge in [-0.3, -0.25) is 14.4 Å². The normalized spacial score (nSPS) is 18.5. The molecule has 1 fully saturated rings. The number of esters is 2. The lowest BCUT2D eigenvalue weighted by molar-refractivity contribution is -0.193. The molecule has 6 atom stereocenters. The van der Waals surface area contributed by atoms with E-state index >= 15 is 0 Å². The molecule has 3 N–H and O–H groups in total. The number of aliphatic hydroxyl groups is 2. The number of hydrogen-bond donors (Lipinski definition) is 3. The summed E-state index contributed by atoms with van der Waals surface area (Å²) in [5, 5.41) is 24.2. The molecule has 66 heavy (non-hydrogen) atoms. The van der Waals surface area contributed by atoms with Crippen molar-refractivity contribution in [3.63, 3.8) is 0 Å². The average Bonchev–Trinajstić information content (AvgIpc) is 3.27. The fourth-order valence-corrected chi connectivity index (χ4v) is 9.49. The van der Waals surface area contributed by atoms with Crippen molar-refractivity contribution in [1.29, 1.82) is 0 Å². The van der Waals surface area contributed by atoms with E-state index in [1.807, 2.05) is 0 Å². The minimum absolute atomic E-state index is 0.0502. The summed E-state index contributed by atoms with van der Waals surface area (Å²) in [7, 11) is -1.26. The first-order valence-electron chi connectivity index (χ1n) is 27.7. The Morgan fingerprint density at radius 3 is 1.55 bits per heavy atom. The van der Waals surface area contributed by atoms with Crippen LogP contribution in [0.15, 0.2) is 0 Å². The van der Waals surface area contributed by atoms with E-state index in [-0.39, 0.29) is 44.2 Å². The Morgan fingerprint density at radius 1 is 0.621 bits per heavy atom. The number of nitrogens with one attached hydrogen (secondary N) is 1. The standard InChI is InChI=1S/C54H105NO10Si/c1-7-10-13-16-19-22-23-26-29-32-35-38-51(58)64-47(37-34-31-28-25-21-18-15-12-9-3)42-52(59)65-54-48(44-62-49(43-56)53(54)60)55-50(57)41-46(63-45-61-39-40-66(4,5)6)36-33-30-27-24-20-17-14-11-8-2/h46-49,53-54,56,60H,7-45H2,1-6H3,(H,55,57)/t46-,47-,48-,49-,53-,54-/m1/s1. The first kappa shape index (κ1) is 62.4. The van der Waals surface area contributed by atoms with E-state index in [1.165, 1.54) is 128 Å². The van der Waals surface area contributed by atoms with Crippen LogP contribution in [0.1, 0.15) is 239 Å². The predicted octanol–water partition coefficient (Wildman–Crippen LogP) is 13.1. The summed E-state index contributed by atoms with van der Waals surface area (Å²) in [6, 6.07) is 0.181. The molecule has 1 amide bonds. The Labute approximate surface area is 406 Å². The summed E-state index contributed by atoms with van der Waals surface area (Å²) in [4.78, 5) is 40.5. The third-order valence-corrected chi connectivity index (χ3v) is 14.8. The van der Waals surface area contributed by atoms with E-state index < -0.39 is 51.1 Å². The zero-order valence-electron chi connectivity index (χ0n) is 43.7. The molecule has 1 rings (SSSR count). The second kappa shape index (κ2) is 42.3. The first-order valence-corrected chi connectivity index (χ1v) is 31.4. The van der Waals surface area contributed by atoms with E-state index in [0.29, 0.717) is 25.9 Å². The number of ether oxygens (including phenoxy) is 5. The highest BCUT2D eigenvalue weighted by Gasteiger charge is 2.43. The lowest BCUT2D eigenvalue weighted by Gasteiger charge is -2.39. The zero-order chi connectivity index (χ0) is 48.5. The quantitative estimate of drug-likeness (QED) is 0.0233. The van der Waals surface area contributed by atoms with Crippen LogP contribution in [0.25, 0.3) is 0 Å². The van der Waals surface area contributed by atoms with E-state index in [4.69, 9.17) is 23.7 Å². The van der Waals surface area contributed by atoms with Crippen molar-refractivity contribution in [2.75, 3.05) is 26.6 Å². The first-order chi connectivity index (χ1) is 31.9. The number of hydrogen-bond acceptors (Lipinski definition) is 10. The minimum atomic E-state index is -1.37. The van der Waals surface area contributed by atoms with E-state index in [1.54, 1.807) is 0 Å². The predicted molar refractivity (Wildman–Crippen MR) is 272 cm³/mol. The number of unbranched alkanes of at least 4 members (excludes halogenated alkanes) is 26. The monoisotopic (exact) mass is 956 g/mol. The van der Waals surface area contributed by atoms with Crippen LogP contribution in [-0.4, -0.2) is 99.3 Å². The smallest absolute Gasteiger partial charge is 0.310 e. The second-order valence-electron chi connectivity index (χ2n) is 20.8. The van der Waals surface area contributed by atoms with E-state index in [0.717, 1.165) is 63.8 Å². The SMILES string of the molecule is CCCCCCCCCCCCCC(=O)O[C@H](CCCCCCCCCCC)CC(=O)O[C@H]1[C@H](O)[C@@H](CO)OC[C@H]1NC(=O)C[C@@H](CCCCCCCCCCC)OCOCC[Si](C)(C)C. The molecule has 390 valence electrons. The van der Waals surface area contributed by atoms with Crippen LogP contribution in [0.4, 0.5) is 0 Å². The Kier molecular flexibility index (Phi) is 40.0. The van der Waals surface area contributed by atoms with Gasteiger partial charge in [-0.15, -0.1) is 0 Å². The number of amides is 1. The maximum absolute atomic E-state index is 13.7. The molecule has 1 aliphatic heterocycles. The van der Waals surface area contributed by atoms with Crippen LogP contribution in [0.2, 0.25) is 25.7 Å². The lowest BCUT2D eigenvalue weighted by atomic mass is 9.97. The van der Waals surface area contributed by atoms with Gasteiger partial charge in [0.15, 0.2) is 6.10 Å². The van der Waals surface area contributed by atoms with Gasteiger partial charge >= 0.3 is 11.9 Å². The topological polar surface area (TPSA) is 150 Å². The van der Waals surface area contributed by atoms with Crippen LogP contribution in [0.3, 0.4) is 0 Å². The largest absolute Gasteiger partial charge is 0.462 e. The van der Waals surface area contributed by atoms with Gasteiger partial charge in [-0.05, 0) is 31.7 Å². The molecular weight excluding hydrogens is 851 g/mol. The fourth-order valence-electron chi connectivity index (χ4n) is 8.74. The van der Waals surface area contributed by atoms with Crippen molar-refractivity contribution < 1.29 is 48.3 Å². The molecule has 0 aromatic carbocycles. The molecule has 0 saturated carbocycles. The highest BCUT2D eigenvalue weighted by molar-refractivity contribution is 6.76. The van der Waals surface area contributed by atoms with Gasteiger partial charge in [0.2, 0.25) is 5.91 Å². The zero-order valence-corrected chi connectivity index (χ0v) is 44.7. The summed E-state index contributed by atoms with van der Waals surface area (Å²) < 4.78 is 29.6. The van der Waals surface area contributed by atoms with Crippen molar-refractivity contribution in [1.82, 2.24) is 5.32 Å². The van der Waals surface area contributed by atoms with Gasteiger partial charge in [0.25, 0.3) is 0 Å². The van der Waals surface area contributed by atoms with Crippen molar-refractivity contribution >= 4 is 25.9 Å². The highest BCUT2D eigenvalue weighted by atomic mass is 28.3. The van der Waals surface area contributed by atoms with Crippen LogP contribution in [0, 0.1) is 0 Å². The van der Waals surface area contributed by atoms with Gasteiger partial charge in [-0.1, -0.05) is 214 Å². The third-order valence-electron chi connectivity index (χ3n) is 13.1. The fraction of sp³-hybridized carbons (Fsp3) is 0.944. The Hall–Kier alpha value is -1.57. The molecule has 12 heteroatoms. The summed E-state index contributed by atoms with van der Waals surface area (Å²) in [5.74, 6) is -1.22. The molecule has 0 bridgehead atoms.